The van der Waals surface area contributed by atoms with Crippen molar-refractivity contribution in [1.29, 1.82) is 0 Å². The number of fused-ring (bicyclic) bond motifs is 2. The smallest absolute Gasteiger partial charge is 0.253 e. The van der Waals surface area contributed by atoms with Crippen molar-refractivity contribution < 1.29 is 13.2 Å². The zero-order valence-corrected chi connectivity index (χ0v) is 20.4. The number of halogens is 2. The normalized spacial score (nSPS) is 20.3. The van der Waals surface area contributed by atoms with E-state index in [9.17, 15) is 13.2 Å². The van der Waals surface area contributed by atoms with Gasteiger partial charge in [0.25, 0.3) is 5.91 Å². The van der Waals surface area contributed by atoms with Crippen LogP contribution in [-0.2, 0) is 21.9 Å². The van der Waals surface area contributed by atoms with Crippen LogP contribution in [0.4, 0.5) is 0 Å². The molecule has 1 fully saturated rings. The zero-order chi connectivity index (χ0) is 22.9. The van der Waals surface area contributed by atoms with E-state index in [0.29, 0.717) is 48.0 Å². The second-order valence-corrected chi connectivity index (χ2v) is 11.7. The van der Waals surface area contributed by atoms with Gasteiger partial charge in [0, 0.05) is 29.6 Å². The molecule has 0 radical (unpaired) electrons. The van der Waals surface area contributed by atoms with E-state index in [1.165, 1.54) is 11.1 Å². The highest BCUT2D eigenvalue weighted by Gasteiger charge is 2.50. The van der Waals surface area contributed by atoms with E-state index in [1.54, 1.807) is 22.5 Å². The Morgan fingerprint density at radius 2 is 1.88 bits per heavy atom. The molecular weight excluding hydrogens is 467 g/mol. The Kier molecular flexibility index (Phi) is 6.87. The van der Waals surface area contributed by atoms with Gasteiger partial charge in [-0.1, -0.05) is 60.8 Å². The molecule has 1 aliphatic heterocycles. The lowest BCUT2D eigenvalue weighted by atomic mass is 9.71. The number of benzene rings is 2. The minimum atomic E-state index is -3.25. The van der Waals surface area contributed by atoms with Crippen LogP contribution in [0.25, 0.3) is 0 Å². The Hall–Kier alpha value is -1.60. The summed E-state index contributed by atoms with van der Waals surface area (Å²) < 4.78 is 27.1. The van der Waals surface area contributed by atoms with Crippen LogP contribution in [0.15, 0.2) is 42.5 Å². The lowest BCUT2D eigenvalue weighted by molar-refractivity contribution is 0.0897. The van der Waals surface area contributed by atoms with Crippen molar-refractivity contribution in [2.24, 2.45) is 0 Å². The number of carbonyl (C=O) groups excluding carboxylic acids is 1. The Morgan fingerprint density at radius 3 is 2.56 bits per heavy atom. The fourth-order valence-electron chi connectivity index (χ4n) is 5.12. The first-order chi connectivity index (χ1) is 15.3. The quantitative estimate of drug-likeness (QED) is 0.626. The van der Waals surface area contributed by atoms with E-state index in [4.69, 9.17) is 23.2 Å². The van der Waals surface area contributed by atoms with Crippen LogP contribution < -0.4 is 5.32 Å². The molecule has 0 bridgehead atoms. The number of sulfonamides is 1. The van der Waals surface area contributed by atoms with E-state index in [0.717, 1.165) is 12.8 Å². The largest absolute Gasteiger partial charge is 0.348 e. The third-order valence-electron chi connectivity index (χ3n) is 6.89. The monoisotopic (exact) mass is 494 g/mol. The van der Waals surface area contributed by atoms with E-state index in [-0.39, 0.29) is 23.1 Å². The lowest BCUT2D eigenvalue weighted by Gasteiger charge is -2.43. The number of hydrogen-bond donors (Lipinski definition) is 1. The van der Waals surface area contributed by atoms with Crippen molar-refractivity contribution in [3.8, 4) is 0 Å². The fraction of sp³-hybridized carbons (Fsp3) is 0.458. The minimum Gasteiger partial charge on any atom is -0.348 e. The van der Waals surface area contributed by atoms with E-state index in [2.05, 4.69) is 17.4 Å². The maximum atomic E-state index is 13.1. The van der Waals surface area contributed by atoms with Crippen molar-refractivity contribution in [2.45, 2.75) is 50.5 Å². The number of piperidine rings is 1. The molecule has 1 N–H and O–H groups in total. The molecule has 4 rings (SSSR count). The Labute approximate surface area is 200 Å². The molecule has 1 amide bonds. The van der Waals surface area contributed by atoms with Gasteiger partial charge in [0.05, 0.1) is 16.3 Å². The van der Waals surface area contributed by atoms with Crippen LogP contribution in [0.3, 0.4) is 0 Å². The van der Waals surface area contributed by atoms with Gasteiger partial charge in [-0.05, 0) is 55.0 Å². The average molecular weight is 495 g/mol. The molecule has 0 aromatic heterocycles. The molecule has 5 nitrogen and oxygen atoms in total. The first kappa shape index (κ1) is 23.6. The van der Waals surface area contributed by atoms with Crippen LogP contribution in [0.5, 0.6) is 0 Å². The molecule has 2 aromatic rings. The van der Waals surface area contributed by atoms with Crippen molar-refractivity contribution in [2.75, 3.05) is 18.8 Å². The molecule has 1 unspecified atom stereocenters. The van der Waals surface area contributed by atoms with Crippen LogP contribution >= 0.6 is 23.2 Å². The van der Waals surface area contributed by atoms with Gasteiger partial charge >= 0.3 is 0 Å². The Balaban J connectivity index is 1.58. The Bertz CT molecular complexity index is 1110. The topological polar surface area (TPSA) is 66.5 Å². The predicted octanol–water partition coefficient (Wildman–Crippen LogP) is 4.81. The van der Waals surface area contributed by atoms with Gasteiger partial charge in [-0.3, -0.25) is 4.79 Å². The van der Waals surface area contributed by atoms with Crippen LogP contribution in [0.1, 0.15) is 54.1 Å². The fourth-order valence-corrected chi connectivity index (χ4v) is 7.27. The molecule has 1 atom stereocenters. The number of carbonyl (C=O) groups is 1. The van der Waals surface area contributed by atoms with E-state index >= 15 is 0 Å². The van der Waals surface area contributed by atoms with Gasteiger partial charge in [-0.2, -0.15) is 0 Å². The maximum Gasteiger partial charge on any atom is 0.253 e. The molecule has 32 heavy (non-hydrogen) atoms. The molecule has 2 aliphatic rings. The molecule has 8 heteroatoms. The summed E-state index contributed by atoms with van der Waals surface area (Å²) in [5, 5.41) is 4.01. The van der Waals surface area contributed by atoms with E-state index in [1.807, 2.05) is 19.1 Å². The summed E-state index contributed by atoms with van der Waals surface area (Å²) in [5.74, 6) is -0.0377. The highest BCUT2D eigenvalue weighted by molar-refractivity contribution is 7.89. The number of unbranched alkanes of at least 4 members (excludes halogenated alkanes) is 1. The lowest BCUT2D eigenvalue weighted by Crippen LogP contribution is -2.54. The van der Waals surface area contributed by atoms with Gasteiger partial charge in [-0.25, -0.2) is 12.7 Å². The van der Waals surface area contributed by atoms with Gasteiger partial charge in [0.1, 0.15) is 0 Å². The number of nitrogens with zero attached hydrogens (tertiary/aromatic N) is 1. The van der Waals surface area contributed by atoms with E-state index < -0.39 is 10.0 Å². The maximum absolute atomic E-state index is 13.1. The molecular formula is C24H28Cl2N2O3S. The van der Waals surface area contributed by atoms with Crippen LogP contribution in [0.2, 0.25) is 10.0 Å². The molecule has 172 valence electrons. The summed E-state index contributed by atoms with van der Waals surface area (Å²) in [6.07, 6.45) is 3.60. The first-order valence-corrected chi connectivity index (χ1v) is 13.5. The average Bonchev–Trinajstić information content (AvgIpc) is 3.05. The molecule has 1 heterocycles. The number of rotatable bonds is 6. The van der Waals surface area contributed by atoms with Crippen molar-refractivity contribution in [3.63, 3.8) is 0 Å². The van der Waals surface area contributed by atoms with Gasteiger partial charge in [0.15, 0.2) is 0 Å². The number of hydrogen-bond acceptors (Lipinski definition) is 3. The number of amides is 1. The van der Waals surface area contributed by atoms with Crippen LogP contribution in [-0.4, -0.2) is 43.5 Å². The second-order valence-electron chi connectivity index (χ2n) is 8.74. The summed E-state index contributed by atoms with van der Waals surface area (Å²) in [7, 11) is -3.25. The number of nitrogens with one attached hydrogen (secondary N) is 1. The summed E-state index contributed by atoms with van der Waals surface area (Å²) in [6, 6.07) is 13.0. The highest BCUT2D eigenvalue weighted by atomic mass is 35.5. The zero-order valence-electron chi connectivity index (χ0n) is 18.1. The molecule has 1 saturated heterocycles. The summed E-state index contributed by atoms with van der Waals surface area (Å²) in [6.45, 7) is 2.93. The van der Waals surface area contributed by atoms with Gasteiger partial charge in [0.2, 0.25) is 10.0 Å². The summed E-state index contributed by atoms with van der Waals surface area (Å²) >= 11 is 12.3. The first-order valence-electron chi connectivity index (χ1n) is 11.1. The predicted molar refractivity (Wildman–Crippen MR) is 129 cm³/mol. The second kappa shape index (κ2) is 9.34. The van der Waals surface area contributed by atoms with Crippen LogP contribution in [0, 0.1) is 0 Å². The van der Waals surface area contributed by atoms with Crippen molar-refractivity contribution in [3.05, 3.63) is 69.2 Å². The van der Waals surface area contributed by atoms with Crippen molar-refractivity contribution >= 4 is 39.1 Å². The van der Waals surface area contributed by atoms with Gasteiger partial charge < -0.3 is 5.32 Å². The third kappa shape index (κ3) is 4.43. The molecule has 0 saturated carbocycles. The SMILES string of the molecule is CCCCS(=O)(=O)N1CCC2(CC1)c1ccccc1CC2NC(=O)c1ccc(Cl)cc1Cl. The standard InChI is InChI=1S/C24H28Cl2N2O3S/c1-2-3-14-32(30,31)28-12-10-24(11-13-28)20-7-5-4-6-17(20)15-22(24)27-23(29)19-9-8-18(25)16-21(19)26/h4-9,16,22H,2-3,10-15H2,1H3,(H,27,29). The third-order valence-corrected chi connectivity index (χ3v) is 9.39. The minimum absolute atomic E-state index is 0.125. The Morgan fingerprint density at radius 1 is 1.16 bits per heavy atom. The van der Waals surface area contributed by atoms with Crippen molar-refractivity contribution in [1.82, 2.24) is 9.62 Å². The molecule has 2 aromatic carbocycles. The van der Waals surface area contributed by atoms with Gasteiger partial charge in [-0.15, -0.1) is 0 Å². The molecule has 1 spiro atoms. The molecule has 1 aliphatic carbocycles. The highest BCUT2D eigenvalue weighted by Crippen LogP contribution is 2.47. The summed E-state index contributed by atoms with van der Waals surface area (Å²) in [4.78, 5) is 13.1. The summed E-state index contributed by atoms with van der Waals surface area (Å²) in [5.41, 5.74) is 2.53.